The lowest BCUT2D eigenvalue weighted by molar-refractivity contribution is 0.273. The van der Waals surface area contributed by atoms with Gasteiger partial charge in [-0.2, -0.15) is 5.26 Å². The first kappa shape index (κ1) is 8.50. The van der Waals surface area contributed by atoms with Crippen LogP contribution in [0.3, 0.4) is 0 Å². The maximum absolute atomic E-state index is 12.7. The summed E-state index contributed by atoms with van der Waals surface area (Å²) in [4.78, 5) is 0. The van der Waals surface area contributed by atoms with Crippen LogP contribution in [0.5, 0.6) is 5.75 Å². The molecule has 0 aliphatic carbocycles. The molecule has 0 atom stereocenters. The molecule has 0 fully saturated rings. The second kappa shape index (κ2) is 3.20. The van der Waals surface area contributed by atoms with Crippen molar-refractivity contribution in [3.63, 3.8) is 0 Å². The highest BCUT2D eigenvalue weighted by Crippen LogP contribution is 2.22. The fourth-order valence-corrected chi connectivity index (χ4v) is 0.841. The number of aromatic hydroxyl groups is 1. The summed E-state index contributed by atoms with van der Waals surface area (Å²) >= 11 is 0. The molecule has 0 aliphatic heterocycles. The van der Waals surface area contributed by atoms with Crippen LogP contribution in [0, 0.1) is 17.1 Å². The number of hydrogen-bond acceptors (Lipinski definition) is 3. The zero-order chi connectivity index (χ0) is 9.14. The van der Waals surface area contributed by atoms with E-state index in [1.807, 2.05) is 0 Å². The van der Waals surface area contributed by atoms with Gasteiger partial charge in [0.25, 0.3) is 0 Å². The van der Waals surface area contributed by atoms with Crippen molar-refractivity contribution < 1.29 is 14.6 Å². The van der Waals surface area contributed by atoms with Gasteiger partial charge in [-0.1, -0.05) is 0 Å². The molecular weight excluding hydrogens is 161 g/mol. The van der Waals surface area contributed by atoms with Crippen LogP contribution in [0.15, 0.2) is 12.1 Å². The van der Waals surface area contributed by atoms with Crippen LogP contribution in [-0.4, -0.2) is 10.2 Å². The second-order valence-corrected chi connectivity index (χ2v) is 2.24. The maximum atomic E-state index is 12.7. The van der Waals surface area contributed by atoms with Gasteiger partial charge in [-0.3, -0.25) is 0 Å². The minimum atomic E-state index is -0.891. The standard InChI is InChI=1S/C8H6FNO2/c9-7-2-5(3-10)1-6(4-11)8(7)12/h1-2,11-12H,4H2. The SMILES string of the molecule is N#Cc1cc(F)c(O)c(CO)c1. The number of rotatable bonds is 1. The Balaban J connectivity index is 3.31. The number of aliphatic hydroxyl groups is 1. The lowest BCUT2D eigenvalue weighted by Gasteiger charge is -2.01. The lowest BCUT2D eigenvalue weighted by Crippen LogP contribution is -1.89. The van der Waals surface area contributed by atoms with Crippen molar-refractivity contribution in [2.24, 2.45) is 0 Å². The van der Waals surface area contributed by atoms with Gasteiger partial charge in [0.05, 0.1) is 18.2 Å². The molecular formula is C8H6FNO2. The molecule has 1 rings (SSSR count). The van der Waals surface area contributed by atoms with Crippen LogP contribution in [0.25, 0.3) is 0 Å². The Morgan fingerprint density at radius 2 is 2.17 bits per heavy atom. The summed E-state index contributed by atoms with van der Waals surface area (Å²) in [7, 11) is 0. The average Bonchev–Trinajstić information content (AvgIpc) is 2.09. The van der Waals surface area contributed by atoms with Crippen LogP contribution in [0.1, 0.15) is 11.1 Å². The third-order valence-electron chi connectivity index (χ3n) is 1.44. The summed E-state index contributed by atoms with van der Waals surface area (Å²) in [5, 5.41) is 26.0. The number of benzene rings is 1. The molecule has 1 aromatic rings. The molecule has 0 saturated heterocycles. The lowest BCUT2D eigenvalue weighted by atomic mass is 10.1. The molecule has 0 unspecified atom stereocenters. The quantitative estimate of drug-likeness (QED) is 0.653. The highest BCUT2D eigenvalue weighted by atomic mass is 19.1. The van der Waals surface area contributed by atoms with E-state index >= 15 is 0 Å². The van der Waals surface area contributed by atoms with Gasteiger partial charge in [-0.15, -0.1) is 0 Å². The Kier molecular flexibility index (Phi) is 2.26. The molecule has 0 aromatic heterocycles. The number of nitrogens with zero attached hydrogens (tertiary/aromatic N) is 1. The molecule has 0 radical (unpaired) electrons. The Hall–Kier alpha value is -1.60. The van der Waals surface area contributed by atoms with Gasteiger partial charge in [-0.25, -0.2) is 4.39 Å². The highest BCUT2D eigenvalue weighted by molar-refractivity contribution is 5.41. The monoisotopic (exact) mass is 167 g/mol. The maximum Gasteiger partial charge on any atom is 0.166 e. The number of aliphatic hydroxyl groups excluding tert-OH is 1. The van der Waals surface area contributed by atoms with E-state index < -0.39 is 18.2 Å². The van der Waals surface area contributed by atoms with Gasteiger partial charge >= 0.3 is 0 Å². The van der Waals surface area contributed by atoms with Gasteiger partial charge in [0.15, 0.2) is 11.6 Å². The molecule has 0 bridgehead atoms. The number of nitriles is 1. The summed E-state index contributed by atoms with van der Waals surface area (Å²) in [6.45, 7) is -0.488. The smallest absolute Gasteiger partial charge is 0.166 e. The van der Waals surface area contributed by atoms with Crippen molar-refractivity contribution in [3.05, 3.63) is 29.1 Å². The molecule has 2 N–H and O–H groups in total. The normalized spacial score (nSPS) is 9.42. The van der Waals surface area contributed by atoms with Crippen LogP contribution < -0.4 is 0 Å². The second-order valence-electron chi connectivity index (χ2n) is 2.24. The molecule has 4 heteroatoms. The van der Waals surface area contributed by atoms with E-state index in [1.165, 1.54) is 6.07 Å². The molecule has 0 spiro atoms. The molecule has 0 aliphatic rings. The van der Waals surface area contributed by atoms with Crippen molar-refractivity contribution >= 4 is 0 Å². The summed E-state index contributed by atoms with van der Waals surface area (Å²) in [6, 6.07) is 3.85. The first-order valence-electron chi connectivity index (χ1n) is 3.21. The molecule has 3 nitrogen and oxygen atoms in total. The van der Waals surface area contributed by atoms with E-state index in [0.29, 0.717) is 0 Å². The van der Waals surface area contributed by atoms with Crippen molar-refractivity contribution in [2.45, 2.75) is 6.61 Å². The van der Waals surface area contributed by atoms with Gasteiger partial charge in [-0.05, 0) is 12.1 Å². The summed E-state index contributed by atoms with van der Waals surface area (Å²) < 4.78 is 12.7. The van der Waals surface area contributed by atoms with E-state index in [4.69, 9.17) is 15.5 Å². The van der Waals surface area contributed by atoms with Crippen LogP contribution in [0.4, 0.5) is 4.39 Å². The number of phenols is 1. The third-order valence-corrected chi connectivity index (χ3v) is 1.44. The largest absolute Gasteiger partial charge is 0.505 e. The predicted molar refractivity (Wildman–Crippen MR) is 38.7 cm³/mol. The Morgan fingerprint density at radius 3 is 2.67 bits per heavy atom. The van der Waals surface area contributed by atoms with Crippen LogP contribution in [0.2, 0.25) is 0 Å². The Labute approximate surface area is 68.3 Å². The zero-order valence-electron chi connectivity index (χ0n) is 6.08. The first-order chi connectivity index (χ1) is 5.69. The van der Waals surface area contributed by atoms with Crippen molar-refractivity contribution in [3.8, 4) is 11.8 Å². The van der Waals surface area contributed by atoms with Gasteiger partial charge in [0.2, 0.25) is 0 Å². The number of halogens is 1. The van der Waals surface area contributed by atoms with E-state index in [1.54, 1.807) is 6.07 Å². The molecule has 0 saturated carbocycles. The highest BCUT2D eigenvalue weighted by Gasteiger charge is 2.08. The van der Waals surface area contributed by atoms with E-state index in [-0.39, 0.29) is 11.1 Å². The van der Waals surface area contributed by atoms with Crippen LogP contribution >= 0.6 is 0 Å². The minimum Gasteiger partial charge on any atom is -0.505 e. The zero-order valence-corrected chi connectivity index (χ0v) is 6.08. The molecule has 12 heavy (non-hydrogen) atoms. The molecule has 62 valence electrons. The van der Waals surface area contributed by atoms with Gasteiger partial charge < -0.3 is 10.2 Å². The van der Waals surface area contributed by atoms with Crippen LogP contribution in [-0.2, 0) is 6.61 Å². The first-order valence-corrected chi connectivity index (χ1v) is 3.21. The van der Waals surface area contributed by atoms with E-state index in [2.05, 4.69) is 0 Å². The third kappa shape index (κ3) is 1.36. The van der Waals surface area contributed by atoms with Gasteiger partial charge in [0, 0.05) is 5.56 Å². The van der Waals surface area contributed by atoms with E-state index in [0.717, 1.165) is 6.07 Å². The van der Waals surface area contributed by atoms with Gasteiger partial charge in [0.1, 0.15) is 0 Å². The molecule has 0 heterocycles. The minimum absolute atomic E-state index is 0.0200. The summed E-state index contributed by atoms with van der Waals surface area (Å²) in [5.41, 5.74) is 0.0981. The summed E-state index contributed by atoms with van der Waals surface area (Å²) in [6.07, 6.45) is 0. The fourth-order valence-electron chi connectivity index (χ4n) is 0.841. The van der Waals surface area contributed by atoms with E-state index in [9.17, 15) is 4.39 Å². The summed E-state index contributed by atoms with van der Waals surface area (Å²) in [5.74, 6) is -1.49. The molecule has 0 amide bonds. The fraction of sp³-hybridized carbons (Fsp3) is 0.125. The predicted octanol–water partition coefficient (Wildman–Crippen LogP) is 0.895. The Morgan fingerprint density at radius 1 is 1.50 bits per heavy atom. The molecule has 1 aromatic carbocycles. The Bertz CT molecular complexity index is 344. The average molecular weight is 167 g/mol. The van der Waals surface area contributed by atoms with Crippen molar-refractivity contribution in [2.75, 3.05) is 0 Å². The number of hydrogen-bond donors (Lipinski definition) is 2. The topological polar surface area (TPSA) is 64.2 Å². The van der Waals surface area contributed by atoms with Crippen molar-refractivity contribution in [1.82, 2.24) is 0 Å². The van der Waals surface area contributed by atoms with Crippen molar-refractivity contribution in [1.29, 1.82) is 5.26 Å².